The van der Waals surface area contributed by atoms with Gasteiger partial charge in [-0.1, -0.05) is 4.40 Å². The van der Waals surface area contributed by atoms with Crippen LogP contribution in [0.1, 0.15) is 39.2 Å². The van der Waals surface area contributed by atoms with Crippen molar-refractivity contribution < 1.29 is 13.7 Å². The summed E-state index contributed by atoms with van der Waals surface area (Å²) in [6, 6.07) is 7.37. The molecule has 1 atom stereocenters. The zero-order valence-electron chi connectivity index (χ0n) is 12.3. The highest BCUT2D eigenvalue weighted by Crippen LogP contribution is 2.17. The standard InChI is InChI=1S/C15H22FNO2S/c1-15(2,3)20(18)17-12-13-6-8-14(9-7-13)19-11-5-4-10-16/h6-9,12H,4-5,10-11H2,1-3H3/b17-12+/t20-/m0/s1. The van der Waals surface area contributed by atoms with Crippen molar-refractivity contribution in [3.63, 3.8) is 0 Å². The Morgan fingerprint density at radius 2 is 1.90 bits per heavy atom. The van der Waals surface area contributed by atoms with E-state index in [1.165, 1.54) is 0 Å². The van der Waals surface area contributed by atoms with E-state index in [1.807, 2.05) is 45.0 Å². The predicted octanol–water partition coefficient (Wildman–Crippen LogP) is 3.70. The summed E-state index contributed by atoms with van der Waals surface area (Å²) in [5.41, 5.74) is 0.874. The summed E-state index contributed by atoms with van der Waals surface area (Å²) in [6.07, 6.45) is 2.85. The molecular formula is C15H22FNO2S. The van der Waals surface area contributed by atoms with Crippen molar-refractivity contribution in [3.05, 3.63) is 29.8 Å². The lowest BCUT2D eigenvalue weighted by atomic mass is 10.2. The monoisotopic (exact) mass is 299 g/mol. The Morgan fingerprint density at radius 1 is 1.25 bits per heavy atom. The van der Waals surface area contributed by atoms with Gasteiger partial charge in [0.1, 0.15) is 21.9 Å². The van der Waals surface area contributed by atoms with Crippen LogP contribution in [0.2, 0.25) is 0 Å². The number of hydrogen-bond donors (Lipinski definition) is 0. The third-order valence-electron chi connectivity index (χ3n) is 2.50. The Labute approximate surface area is 123 Å². The number of unbranched alkanes of at least 4 members (excludes halogenated alkanes) is 1. The topological polar surface area (TPSA) is 44.7 Å². The molecule has 1 aromatic rings. The summed E-state index contributed by atoms with van der Waals surface area (Å²) in [7, 11) is 0. The Morgan fingerprint density at radius 3 is 2.45 bits per heavy atom. The molecule has 1 aromatic carbocycles. The summed E-state index contributed by atoms with van der Waals surface area (Å²) in [6.45, 7) is 5.87. The van der Waals surface area contributed by atoms with Crippen molar-refractivity contribution in [2.45, 2.75) is 38.4 Å². The lowest BCUT2D eigenvalue weighted by Gasteiger charge is -2.17. The maximum atomic E-state index is 11.9. The molecule has 0 spiro atoms. The molecule has 0 aromatic heterocycles. The van der Waals surface area contributed by atoms with Crippen LogP contribution in [0, 0.1) is 0 Å². The summed E-state index contributed by atoms with van der Waals surface area (Å²) in [5, 5.41) is 0. The predicted molar refractivity (Wildman–Crippen MR) is 82.6 cm³/mol. The average molecular weight is 299 g/mol. The number of rotatable bonds is 7. The van der Waals surface area contributed by atoms with Crippen LogP contribution < -0.4 is 4.74 Å². The molecule has 0 aliphatic heterocycles. The van der Waals surface area contributed by atoms with E-state index in [0.717, 1.165) is 11.3 Å². The molecule has 0 bridgehead atoms. The van der Waals surface area contributed by atoms with Crippen LogP contribution in [0.15, 0.2) is 28.7 Å². The van der Waals surface area contributed by atoms with Crippen LogP contribution in [0.3, 0.4) is 0 Å². The van der Waals surface area contributed by atoms with E-state index in [-0.39, 0.29) is 11.4 Å². The smallest absolute Gasteiger partial charge is 0.144 e. The molecule has 0 saturated carbocycles. The third-order valence-corrected chi connectivity index (χ3v) is 3.84. The molecule has 3 nitrogen and oxygen atoms in total. The second kappa shape index (κ2) is 8.27. The van der Waals surface area contributed by atoms with Gasteiger partial charge < -0.3 is 9.29 Å². The van der Waals surface area contributed by atoms with Crippen LogP contribution in [-0.2, 0) is 11.4 Å². The van der Waals surface area contributed by atoms with Gasteiger partial charge in [0, 0.05) is 0 Å². The molecule has 0 unspecified atom stereocenters. The van der Waals surface area contributed by atoms with Crippen molar-refractivity contribution in [2.24, 2.45) is 4.40 Å². The van der Waals surface area contributed by atoms with Crippen LogP contribution in [0.5, 0.6) is 5.75 Å². The van der Waals surface area contributed by atoms with Crippen molar-refractivity contribution in [1.82, 2.24) is 0 Å². The Bertz CT molecular complexity index is 415. The quantitative estimate of drug-likeness (QED) is 0.438. The maximum Gasteiger partial charge on any atom is 0.144 e. The van der Waals surface area contributed by atoms with Gasteiger partial charge in [0.2, 0.25) is 0 Å². The fourth-order valence-corrected chi connectivity index (χ4v) is 1.84. The van der Waals surface area contributed by atoms with E-state index in [4.69, 9.17) is 4.74 Å². The van der Waals surface area contributed by atoms with Gasteiger partial charge >= 0.3 is 0 Å². The van der Waals surface area contributed by atoms with E-state index < -0.39 is 11.4 Å². The average Bonchev–Trinajstić information content (AvgIpc) is 2.41. The molecule has 0 aliphatic rings. The lowest BCUT2D eigenvalue weighted by molar-refractivity contribution is 0.297. The molecule has 0 radical (unpaired) electrons. The number of hydrogen-bond acceptors (Lipinski definition) is 3. The molecule has 20 heavy (non-hydrogen) atoms. The number of halogens is 1. The third kappa shape index (κ3) is 6.39. The van der Waals surface area contributed by atoms with E-state index >= 15 is 0 Å². The largest absolute Gasteiger partial charge is 0.591 e. The first-order chi connectivity index (χ1) is 9.43. The summed E-state index contributed by atoms with van der Waals surface area (Å²) in [5.74, 6) is 0.748. The minimum Gasteiger partial charge on any atom is -0.591 e. The van der Waals surface area contributed by atoms with Crippen LogP contribution >= 0.6 is 0 Å². The zero-order valence-corrected chi connectivity index (χ0v) is 13.1. The highest BCUT2D eigenvalue weighted by molar-refractivity contribution is 7.91. The molecule has 1 rings (SSSR count). The Hall–Kier alpha value is -1.07. The van der Waals surface area contributed by atoms with Gasteiger partial charge in [0.05, 0.1) is 19.5 Å². The molecule has 0 N–H and O–H groups in total. The van der Waals surface area contributed by atoms with E-state index in [0.29, 0.717) is 19.4 Å². The number of ether oxygens (including phenoxy) is 1. The highest BCUT2D eigenvalue weighted by atomic mass is 32.2. The highest BCUT2D eigenvalue weighted by Gasteiger charge is 2.25. The first-order valence-corrected chi connectivity index (χ1v) is 7.79. The molecule has 5 heteroatoms. The fourth-order valence-electron chi connectivity index (χ4n) is 1.30. The molecule has 112 valence electrons. The molecule has 0 aliphatic carbocycles. The summed E-state index contributed by atoms with van der Waals surface area (Å²) >= 11 is -1.25. The first kappa shape index (κ1) is 17.0. The SMILES string of the molecule is CC(C)(C)[S@+]([O-])/N=C/c1ccc(OCCCCF)cc1. The van der Waals surface area contributed by atoms with Gasteiger partial charge in [0.15, 0.2) is 0 Å². The Kier molecular flexibility index (Phi) is 7.02. The molecule has 0 saturated heterocycles. The van der Waals surface area contributed by atoms with Gasteiger partial charge in [-0.3, -0.25) is 4.39 Å². The van der Waals surface area contributed by atoms with Gasteiger partial charge in [-0.05, 0) is 63.4 Å². The van der Waals surface area contributed by atoms with Crippen molar-refractivity contribution in [1.29, 1.82) is 0 Å². The van der Waals surface area contributed by atoms with E-state index in [2.05, 4.69) is 4.40 Å². The number of alkyl halides is 1. The normalized spacial score (nSPS) is 13.7. The first-order valence-electron chi connectivity index (χ1n) is 6.68. The lowest BCUT2D eigenvalue weighted by Crippen LogP contribution is -2.25. The Balaban J connectivity index is 2.48. The number of benzene rings is 1. The molecule has 0 amide bonds. The van der Waals surface area contributed by atoms with Gasteiger partial charge in [-0.25, -0.2) is 0 Å². The minimum atomic E-state index is -1.25. The second-order valence-corrected chi connectivity index (χ2v) is 7.34. The molecular weight excluding hydrogens is 277 g/mol. The van der Waals surface area contributed by atoms with Crippen molar-refractivity contribution in [3.8, 4) is 5.75 Å². The van der Waals surface area contributed by atoms with Crippen LogP contribution in [0.4, 0.5) is 4.39 Å². The zero-order chi connectivity index (χ0) is 15.0. The van der Waals surface area contributed by atoms with Gasteiger partial charge in [0.25, 0.3) is 0 Å². The van der Waals surface area contributed by atoms with E-state index in [9.17, 15) is 8.94 Å². The minimum absolute atomic E-state index is 0.302. The van der Waals surface area contributed by atoms with Crippen molar-refractivity contribution in [2.75, 3.05) is 13.3 Å². The van der Waals surface area contributed by atoms with Crippen LogP contribution in [-0.4, -0.2) is 28.8 Å². The molecule has 0 fully saturated rings. The van der Waals surface area contributed by atoms with E-state index in [1.54, 1.807) is 6.21 Å². The van der Waals surface area contributed by atoms with Crippen molar-refractivity contribution >= 4 is 17.6 Å². The van der Waals surface area contributed by atoms with Crippen LogP contribution in [0.25, 0.3) is 0 Å². The summed E-state index contributed by atoms with van der Waals surface area (Å²) in [4.78, 5) is 0. The summed E-state index contributed by atoms with van der Waals surface area (Å²) < 4.78 is 32.8. The fraction of sp³-hybridized carbons (Fsp3) is 0.533. The van der Waals surface area contributed by atoms with Gasteiger partial charge in [-0.2, -0.15) is 0 Å². The maximum absolute atomic E-state index is 11.9. The van der Waals surface area contributed by atoms with Gasteiger partial charge in [-0.15, -0.1) is 0 Å². The second-order valence-electron chi connectivity index (χ2n) is 5.41. The number of nitrogens with zero attached hydrogens (tertiary/aromatic N) is 1. The molecule has 0 heterocycles.